The molecular weight excluding hydrogens is 290 g/mol. The highest BCUT2D eigenvalue weighted by atomic mass is 79.9. The maximum absolute atomic E-state index is 12.3. The monoisotopic (exact) mass is 311 g/mol. The molecule has 1 rings (SSSR count). The summed E-state index contributed by atoms with van der Waals surface area (Å²) in [6.45, 7) is 8.05. The highest BCUT2D eigenvalue weighted by molar-refractivity contribution is 9.09. The summed E-state index contributed by atoms with van der Waals surface area (Å²) in [6, 6.07) is 10.1. The summed E-state index contributed by atoms with van der Waals surface area (Å²) >= 11 is 3.51. The lowest BCUT2D eigenvalue weighted by molar-refractivity contribution is -0.126. The summed E-state index contributed by atoms with van der Waals surface area (Å²) in [6.07, 6.45) is 0.927. The lowest BCUT2D eigenvalue weighted by atomic mass is 9.83. The third-order valence-corrected chi connectivity index (χ3v) is 3.49. The van der Waals surface area contributed by atoms with Crippen molar-refractivity contribution in [2.75, 3.05) is 0 Å². The number of halogens is 1. The largest absolute Gasteiger partial charge is 0.353 e. The van der Waals surface area contributed by atoms with E-state index in [1.165, 1.54) is 0 Å². The molecule has 0 bridgehead atoms. The Morgan fingerprint density at radius 2 is 1.83 bits per heavy atom. The van der Waals surface area contributed by atoms with Gasteiger partial charge in [-0.05, 0) is 32.8 Å². The lowest BCUT2D eigenvalue weighted by Crippen LogP contribution is -2.44. The zero-order chi connectivity index (χ0) is 13.8. The Hall–Kier alpha value is -0.830. The number of benzene rings is 1. The highest BCUT2D eigenvalue weighted by Gasteiger charge is 2.30. The third kappa shape index (κ3) is 4.13. The van der Waals surface area contributed by atoms with Gasteiger partial charge in [0.25, 0.3) is 0 Å². The predicted octanol–water partition coefficient (Wildman–Crippen LogP) is 3.64. The Morgan fingerprint density at radius 1 is 1.28 bits per heavy atom. The molecule has 1 amide bonds. The molecule has 1 N–H and O–H groups in total. The number of carbonyl (C=O) groups excluding carboxylic acids is 1. The van der Waals surface area contributed by atoms with E-state index in [-0.39, 0.29) is 11.9 Å². The van der Waals surface area contributed by atoms with E-state index in [2.05, 4.69) is 28.2 Å². The normalized spacial score (nSPS) is 14.9. The molecule has 0 aliphatic rings. The number of carbonyl (C=O) groups is 1. The first-order valence-electron chi connectivity index (χ1n) is 6.34. The molecule has 0 radical (unpaired) electrons. The average molecular weight is 312 g/mol. The smallest absolute Gasteiger partial charge is 0.230 e. The van der Waals surface area contributed by atoms with Crippen LogP contribution < -0.4 is 5.32 Å². The van der Waals surface area contributed by atoms with Crippen LogP contribution in [0.5, 0.6) is 0 Å². The van der Waals surface area contributed by atoms with Gasteiger partial charge in [0.1, 0.15) is 0 Å². The van der Waals surface area contributed by atoms with Crippen molar-refractivity contribution < 1.29 is 4.79 Å². The van der Waals surface area contributed by atoms with E-state index in [0.29, 0.717) is 4.83 Å². The Morgan fingerprint density at radius 3 is 2.33 bits per heavy atom. The van der Waals surface area contributed by atoms with Crippen LogP contribution in [0.1, 0.15) is 39.7 Å². The molecule has 1 aromatic rings. The zero-order valence-electron chi connectivity index (χ0n) is 11.5. The van der Waals surface area contributed by atoms with Crippen molar-refractivity contribution in [1.29, 1.82) is 0 Å². The van der Waals surface area contributed by atoms with Crippen LogP contribution in [0.3, 0.4) is 0 Å². The van der Waals surface area contributed by atoms with Crippen LogP contribution in [-0.4, -0.2) is 16.8 Å². The van der Waals surface area contributed by atoms with Crippen LogP contribution in [0.15, 0.2) is 30.3 Å². The first kappa shape index (κ1) is 15.2. The van der Waals surface area contributed by atoms with Crippen molar-refractivity contribution in [1.82, 2.24) is 5.32 Å². The number of hydrogen-bond donors (Lipinski definition) is 1. The lowest BCUT2D eigenvalue weighted by Gasteiger charge is -2.27. The summed E-state index contributed by atoms with van der Waals surface area (Å²) in [4.78, 5) is 12.7. The van der Waals surface area contributed by atoms with Crippen molar-refractivity contribution in [2.45, 2.75) is 50.4 Å². The minimum atomic E-state index is -0.495. The average Bonchev–Trinajstić information content (AvgIpc) is 2.28. The predicted molar refractivity (Wildman–Crippen MR) is 80.1 cm³/mol. The van der Waals surface area contributed by atoms with E-state index in [0.717, 1.165) is 12.0 Å². The molecule has 0 aromatic heterocycles. The van der Waals surface area contributed by atoms with Gasteiger partial charge >= 0.3 is 0 Å². The number of hydrogen-bond acceptors (Lipinski definition) is 1. The number of amides is 1. The molecule has 0 saturated carbocycles. The van der Waals surface area contributed by atoms with Crippen molar-refractivity contribution >= 4 is 21.8 Å². The Kier molecular flexibility index (Phi) is 5.39. The highest BCUT2D eigenvalue weighted by Crippen LogP contribution is 2.23. The molecule has 1 aromatic carbocycles. The fourth-order valence-corrected chi connectivity index (χ4v) is 2.50. The summed E-state index contributed by atoms with van der Waals surface area (Å²) in [5, 5.41) is 3.08. The maximum atomic E-state index is 12.3. The van der Waals surface area contributed by atoms with Crippen LogP contribution in [-0.2, 0) is 10.2 Å². The zero-order valence-corrected chi connectivity index (χ0v) is 13.1. The van der Waals surface area contributed by atoms with Crippen molar-refractivity contribution in [2.24, 2.45) is 0 Å². The summed E-state index contributed by atoms with van der Waals surface area (Å²) in [5.41, 5.74) is 0.548. The van der Waals surface area contributed by atoms with Gasteiger partial charge in [-0.2, -0.15) is 0 Å². The molecule has 0 fully saturated rings. The van der Waals surface area contributed by atoms with Crippen molar-refractivity contribution in [3.05, 3.63) is 35.9 Å². The van der Waals surface area contributed by atoms with Crippen LogP contribution in [0.2, 0.25) is 0 Å². The topological polar surface area (TPSA) is 29.1 Å². The second kappa shape index (κ2) is 6.37. The standard InChI is InChI=1S/C15H22BrNO/c1-11(16)10-12(2)17-14(18)15(3,4)13-8-6-5-7-9-13/h5-9,11-12H,10H2,1-4H3,(H,17,18). The first-order chi connectivity index (χ1) is 8.34. The molecule has 100 valence electrons. The van der Waals surface area contributed by atoms with Gasteiger partial charge in [-0.25, -0.2) is 0 Å². The molecule has 0 saturated heterocycles. The SMILES string of the molecule is CC(Br)CC(C)NC(=O)C(C)(C)c1ccccc1. The molecule has 0 spiro atoms. The van der Waals surface area contributed by atoms with E-state index in [1.807, 2.05) is 51.1 Å². The second-order valence-electron chi connectivity index (χ2n) is 5.38. The first-order valence-corrected chi connectivity index (χ1v) is 7.26. The van der Waals surface area contributed by atoms with Crippen molar-refractivity contribution in [3.63, 3.8) is 0 Å². The second-order valence-corrected chi connectivity index (χ2v) is 6.95. The van der Waals surface area contributed by atoms with Gasteiger partial charge in [0.15, 0.2) is 0 Å². The number of nitrogens with one attached hydrogen (secondary N) is 1. The van der Waals surface area contributed by atoms with Gasteiger partial charge in [0, 0.05) is 10.9 Å². The number of rotatable bonds is 5. The quantitative estimate of drug-likeness (QED) is 0.826. The van der Waals surface area contributed by atoms with Gasteiger partial charge in [0.05, 0.1) is 5.41 Å². The molecule has 0 heterocycles. The minimum Gasteiger partial charge on any atom is -0.353 e. The fraction of sp³-hybridized carbons (Fsp3) is 0.533. The Balaban J connectivity index is 2.71. The number of alkyl halides is 1. The van der Waals surface area contributed by atoms with E-state index >= 15 is 0 Å². The molecule has 0 aliphatic heterocycles. The van der Waals surface area contributed by atoms with Crippen LogP contribution in [0, 0.1) is 0 Å². The van der Waals surface area contributed by atoms with Crippen LogP contribution in [0.25, 0.3) is 0 Å². The fourth-order valence-electron chi connectivity index (χ4n) is 1.94. The Labute approximate surface area is 118 Å². The molecule has 2 unspecified atom stereocenters. The van der Waals surface area contributed by atoms with Gasteiger partial charge < -0.3 is 5.32 Å². The molecule has 0 aliphatic carbocycles. The molecule has 2 nitrogen and oxygen atoms in total. The van der Waals surface area contributed by atoms with Crippen LogP contribution in [0.4, 0.5) is 0 Å². The van der Waals surface area contributed by atoms with E-state index in [1.54, 1.807) is 0 Å². The summed E-state index contributed by atoms with van der Waals surface area (Å²) in [5.74, 6) is 0.0781. The molecule has 3 heteroatoms. The van der Waals surface area contributed by atoms with Crippen molar-refractivity contribution in [3.8, 4) is 0 Å². The van der Waals surface area contributed by atoms with Gasteiger partial charge in [-0.1, -0.05) is 53.2 Å². The summed E-state index contributed by atoms with van der Waals surface area (Å²) < 4.78 is 0. The van der Waals surface area contributed by atoms with E-state index in [9.17, 15) is 4.79 Å². The minimum absolute atomic E-state index is 0.0781. The maximum Gasteiger partial charge on any atom is 0.230 e. The third-order valence-electron chi connectivity index (χ3n) is 3.12. The van der Waals surface area contributed by atoms with E-state index in [4.69, 9.17) is 0 Å². The van der Waals surface area contributed by atoms with Gasteiger partial charge in [-0.15, -0.1) is 0 Å². The van der Waals surface area contributed by atoms with Gasteiger partial charge in [-0.3, -0.25) is 4.79 Å². The van der Waals surface area contributed by atoms with E-state index < -0.39 is 5.41 Å². The van der Waals surface area contributed by atoms with Gasteiger partial charge in [0.2, 0.25) is 5.91 Å². The molecule has 2 atom stereocenters. The Bertz CT molecular complexity index is 387. The summed E-state index contributed by atoms with van der Waals surface area (Å²) in [7, 11) is 0. The molecular formula is C15H22BrNO. The van der Waals surface area contributed by atoms with Crippen LogP contribution >= 0.6 is 15.9 Å². The molecule has 18 heavy (non-hydrogen) atoms.